The van der Waals surface area contributed by atoms with Gasteiger partial charge >= 0.3 is 5.97 Å². The van der Waals surface area contributed by atoms with Gasteiger partial charge in [0.15, 0.2) is 6.61 Å². The molecule has 0 bridgehead atoms. The van der Waals surface area contributed by atoms with Gasteiger partial charge in [0.1, 0.15) is 0 Å². The van der Waals surface area contributed by atoms with E-state index in [9.17, 15) is 4.79 Å². The maximum Gasteiger partial charge on any atom is 0.339 e. The lowest BCUT2D eigenvalue weighted by Gasteiger charge is -1.98. The second kappa shape index (κ2) is 4.20. The second-order valence-electron chi connectivity index (χ2n) is 2.15. The van der Waals surface area contributed by atoms with Gasteiger partial charge in [-0.2, -0.15) is 0 Å². The van der Waals surface area contributed by atoms with Crippen LogP contribution in [0.25, 0.3) is 0 Å². The van der Waals surface area contributed by atoms with E-state index in [0.29, 0.717) is 5.56 Å². The number of esters is 1. The molecule has 2 nitrogen and oxygen atoms in total. The van der Waals surface area contributed by atoms with Crippen molar-refractivity contribution >= 4 is 5.97 Å². The first-order valence-electron chi connectivity index (χ1n) is 3.50. The monoisotopic (exact) mass is 160 g/mol. The smallest absolute Gasteiger partial charge is 0.339 e. The number of rotatable bonds is 2. The van der Waals surface area contributed by atoms with E-state index in [1.165, 1.54) is 0 Å². The SMILES string of the molecule is C#CCOC(=O)c1ccccc1. The van der Waals surface area contributed by atoms with Gasteiger partial charge in [-0.05, 0) is 12.1 Å². The van der Waals surface area contributed by atoms with Crippen molar-refractivity contribution in [2.75, 3.05) is 6.61 Å². The zero-order chi connectivity index (χ0) is 8.81. The van der Waals surface area contributed by atoms with E-state index >= 15 is 0 Å². The Labute approximate surface area is 71.2 Å². The molecule has 12 heavy (non-hydrogen) atoms. The number of hydrogen-bond donors (Lipinski definition) is 0. The molecule has 1 aromatic carbocycles. The van der Waals surface area contributed by atoms with E-state index in [1.54, 1.807) is 24.3 Å². The molecule has 0 amide bonds. The predicted octanol–water partition coefficient (Wildman–Crippen LogP) is 1.48. The van der Waals surface area contributed by atoms with E-state index in [1.807, 2.05) is 6.07 Å². The van der Waals surface area contributed by atoms with Crippen LogP contribution in [0.5, 0.6) is 0 Å². The summed E-state index contributed by atoms with van der Waals surface area (Å²) < 4.78 is 4.70. The highest BCUT2D eigenvalue weighted by atomic mass is 16.5. The Hall–Kier alpha value is -1.75. The van der Waals surface area contributed by atoms with Crippen molar-refractivity contribution in [2.24, 2.45) is 0 Å². The lowest BCUT2D eigenvalue weighted by atomic mass is 10.2. The molecule has 60 valence electrons. The summed E-state index contributed by atoms with van der Waals surface area (Å²) in [5.74, 6) is 1.84. The Morgan fingerprint density at radius 1 is 1.42 bits per heavy atom. The van der Waals surface area contributed by atoms with Crippen LogP contribution in [0.4, 0.5) is 0 Å². The number of benzene rings is 1. The van der Waals surface area contributed by atoms with Gasteiger partial charge < -0.3 is 4.74 Å². The van der Waals surface area contributed by atoms with Crippen LogP contribution in [0.1, 0.15) is 10.4 Å². The summed E-state index contributed by atoms with van der Waals surface area (Å²) >= 11 is 0. The lowest BCUT2D eigenvalue weighted by Crippen LogP contribution is -2.04. The third-order valence-corrected chi connectivity index (χ3v) is 1.30. The summed E-state index contributed by atoms with van der Waals surface area (Å²) in [5.41, 5.74) is 0.521. The third kappa shape index (κ3) is 2.14. The lowest BCUT2D eigenvalue weighted by molar-refractivity contribution is 0.0557. The summed E-state index contributed by atoms with van der Waals surface area (Å²) in [5, 5.41) is 0. The summed E-state index contributed by atoms with van der Waals surface area (Å²) in [6.07, 6.45) is 4.93. The van der Waals surface area contributed by atoms with Crippen LogP contribution in [-0.4, -0.2) is 12.6 Å². The number of hydrogen-bond acceptors (Lipinski definition) is 2. The van der Waals surface area contributed by atoms with Crippen LogP contribution >= 0.6 is 0 Å². The zero-order valence-electron chi connectivity index (χ0n) is 6.49. The van der Waals surface area contributed by atoms with Crippen molar-refractivity contribution in [3.05, 3.63) is 35.9 Å². The molecule has 2 heteroatoms. The summed E-state index contributed by atoms with van der Waals surface area (Å²) in [6.45, 7) is 0.0216. The molecule has 1 rings (SSSR count). The zero-order valence-corrected chi connectivity index (χ0v) is 6.49. The van der Waals surface area contributed by atoms with Crippen LogP contribution in [0, 0.1) is 12.3 Å². The Morgan fingerprint density at radius 3 is 2.67 bits per heavy atom. The molecule has 0 aliphatic heterocycles. The fourth-order valence-corrected chi connectivity index (χ4v) is 0.765. The van der Waals surface area contributed by atoms with E-state index < -0.39 is 0 Å². The van der Waals surface area contributed by atoms with Crippen molar-refractivity contribution in [3.63, 3.8) is 0 Å². The van der Waals surface area contributed by atoms with Crippen LogP contribution < -0.4 is 0 Å². The molecule has 0 N–H and O–H groups in total. The predicted molar refractivity (Wildman–Crippen MR) is 45.6 cm³/mol. The molecular formula is C10H8O2. The molecule has 0 aromatic heterocycles. The van der Waals surface area contributed by atoms with Crippen LogP contribution in [-0.2, 0) is 4.74 Å². The average Bonchev–Trinajstić information content (AvgIpc) is 2.15. The van der Waals surface area contributed by atoms with Crippen molar-refractivity contribution in [3.8, 4) is 12.3 Å². The largest absolute Gasteiger partial charge is 0.449 e. The molecular weight excluding hydrogens is 152 g/mol. The summed E-state index contributed by atoms with van der Waals surface area (Å²) in [7, 11) is 0. The van der Waals surface area contributed by atoms with Crippen LogP contribution in [0.3, 0.4) is 0 Å². The molecule has 0 aliphatic rings. The van der Waals surface area contributed by atoms with Crippen molar-refractivity contribution < 1.29 is 9.53 Å². The highest BCUT2D eigenvalue weighted by Crippen LogP contribution is 1.99. The molecule has 0 fully saturated rings. The quantitative estimate of drug-likeness (QED) is 0.483. The van der Waals surface area contributed by atoms with Gasteiger partial charge in [-0.1, -0.05) is 24.1 Å². The van der Waals surface area contributed by atoms with Gasteiger partial charge in [-0.25, -0.2) is 4.79 Å². The highest BCUT2D eigenvalue weighted by molar-refractivity contribution is 5.89. The van der Waals surface area contributed by atoms with Crippen LogP contribution in [0.15, 0.2) is 30.3 Å². The van der Waals surface area contributed by atoms with E-state index in [0.717, 1.165) is 0 Å². The molecule has 1 aromatic rings. The Balaban J connectivity index is 2.61. The molecule has 0 heterocycles. The molecule has 0 radical (unpaired) electrons. The normalized spacial score (nSPS) is 8.58. The standard InChI is InChI=1S/C10H8O2/c1-2-8-12-10(11)9-6-4-3-5-7-9/h1,3-7H,8H2. The van der Waals surface area contributed by atoms with Gasteiger partial charge in [0.2, 0.25) is 0 Å². The van der Waals surface area contributed by atoms with Gasteiger partial charge in [-0.3, -0.25) is 0 Å². The highest BCUT2D eigenvalue weighted by Gasteiger charge is 2.03. The van der Waals surface area contributed by atoms with Crippen molar-refractivity contribution in [1.29, 1.82) is 0 Å². The van der Waals surface area contributed by atoms with E-state index in [4.69, 9.17) is 11.2 Å². The van der Waals surface area contributed by atoms with Gasteiger partial charge in [0.05, 0.1) is 5.56 Å². The number of terminal acetylenes is 1. The van der Waals surface area contributed by atoms with Gasteiger partial charge in [-0.15, -0.1) is 6.42 Å². The first-order chi connectivity index (χ1) is 5.84. The van der Waals surface area contributed by atoms with E-state index in [-0.39, 0.29) is 12.6 Å². The minimum absolute atomic E-state index is 0.0216. The van der Waals surface area contributed by atoms with Gasteiger partial charge in [0.25, 0.3) is 0 Å². The van der Waals surface area contributed by atoms with Crippen LogP contribution in [0.2, 0.25) is 0 Å². The fraction of sp³-hybridized carbons (Fsp3) is 0.100. The minimum atomic E-state index is -0.381. The first-order valence-corrected chi connectivity index (χ1v) is 3.50. The topological polar surface area (TPSA) is 26.3 Å². The van der Waals surface area contributed by atoms with Crippen molar-refractivity contribution in [1.82, 2.24) is 0 Å². The maximum absolute atomic E-state index is 11.1. The Kier molecular flexibility index (Phi) is 2.92. The van der Waals surface area contributed by atoms with E-state index in [2.05, 4.69) is 5.92 Å². The second-order valence-corrected chi connectivity index (χ2v) is 2.15. The Bertz CT molecular complexity index is 295. The third-order valence-electron chi connectivity index (χ3n) is 1.30. The molecule has 0 saturated heterocycles. The molecule has 0 unspecified atom stereocenters. The molecule has 0 atom stereocenters. The molecule has 0 spiro atoms. The van der Waals surface area contributed by atoms with Crippen molar-refractivity contribution in [2.45, 2.75) is 0 Å². The Morgan fingerprint density at radius 2 is 2.08 bits per heavy atom. The molecule has 0 aliphatic carbocycles. The first kappa shape index (κ1) is 8.35. The number of carbonyl (C=O) groups excluding carboxylic acids is 1. The number of carbonyl (C=O) groups is 1. The molecule has 0 saturated carbocycles. The maximum atomic E-state index is 11.1. The summed E-state index contributed by atoms with van der Waals surface area (Å²) in [6, 6.07) is 8.73. The number of ether oxygens (including phenoxy) is 1. The van der Waals surface area contributed by atoms with Gasteiger partial charge in [0, 0.05) is 0 Å². The fourth-order valence-electron chi connectivity index (χ4n) is 0.765. The average molecular weight is 160 g/mol. The summed E-state index contributed by atoms with van der Waals surface area (Å²) in [4.78, 5) is 11.1. The minimum Gasteiger partial charge on any atom is -0.449 e.